The zero-order chi connectivity index (χ0) is 18.9. The van der Waals surface area contributed by atoms with E-state index in [1.165, 1.54) is 23.1 Å². The third kappa shape index (κ3) is 10.0. The van der Waals surface area contributed by atoms with Gasteiger partial charge in [0.25, 0.3) is 0 Å². The summed E-state index contributed by atoms with van der Waals surface area (Å²) in [7, 11) is 0. The molecule has 25 heavy (non-hydrogen) atoms. The molecule has 1 fully saturated rings. The Morgan fingerprint density at radius 1 is 0.760 bits per heavy atom. The van der Waals surface area contributed by atoms with Gasteiger partial charge in [-0.3, -0.25) is 0 Å². The Kier molecular flexibility index (Phi) is 9.16. The zero-order valence-electron chi connectivity index (χ0n) is 17.7. The Labute approximate surface area is 156 Å². The molecule has 0 unspecified atom stereocenters. The van der Waals surface area contributed by atoms with Crippen molar-refractivity contribution in [3.05, 3.63) is 34.9 Å². The van der Waals surface area contributed by atoms with Crippen LogP contribution < -0.4 is 0 Å². The van der Waals surface area contributed by atoms with Crippen molar-refractivity contribution < 1.29 is 9.47 Å². The molecule has 0 aromatic rings. The monoisotopic (exact) mass is 348 g/mol. The van der Waals surface area contributed by atoms with Gasteiger partial charge in [-0.05, 0) is 66.7 Å². The lowest BCUT2D eigenvalue weighted by atomic mass is 9.94. The molecule has 0 aromatic heterocycles. The maximum atomic E-state index is 5.96. The van der Waals surface area contributed by atoms with Gasteiger partial charge in [0, 0.05) is 11.8 Å². The molecular weight excluding hydrogens is 308 g/mol. The van der Waals surface area contributed by atoms with Gasteiger partial charge in [0.05, 0.1) is 13.2 Å². The summed E-state index contributed by atoms with van der Waals surface area (Å²) in [5.41, 5.74) is 4.52. The highest BCUT2D eigenvalue weighted by Gasteiger charge is 2.36. The molecule has 0 amide bonds. The number of ether oxygens (including phenoxy) is 2. The van der Waals surface area contributed by atoms with Crippen LogP contribution in [0.1, 0.15) is 87.0 Å². The van der Waals surface area contributed by atoms with Crippen LogP contribution in [0.3, 0.4) is 0 Å². The summed E-state index contributed by atoms with van der Waals surface area (Å²) >= 11 is 0. The van der Waals surface area contributed by atoms with Gasteiger partial charge in [-0.15, -0.1) is 0 Å². The van der Waals surface area contributed by atoms with E-state index in [0.717, 1.165) is 45.3 Å². The van der Waals surface area contributed by atoms with Crippen LogP contribution in [0.2, 0.25) is 0 Å². The molecule has 0 bridgehead atoms. The van der Waals surface area contributed by atoms with Gasteiger partial charge in [0.15, 0.2) is 5.79 Å². The highest BCUT2D eigenvalue weighted by molar-refractivity contribution is 5.05. The van der Waals surface area contributed by atoms with Crippen LogP contribution in [0.25, 0.3) is 0 Å². The molecule has 1 aliphatic heterocycles. The van der Waals surface area contributed by atoms with E-state index in [1.807, 2.05) is 0 Å². The van der Waals surface area contributed by atoms with Crippen LogP contribution in [-0.2, 0) is 9.47 Å². The van der Waals surface area contributed by atoms with E-state index >= 15 is 0 Å². The minimum Gasteiger partial charge on any atom is -0.350 e. The third-order valence-corrected chi connectivity index (χ3v) is 4.75. The average Bonchev–Trinajstić information content (AvgIpc) is 2.50. The second-order valence-electron chi connectivity index (χ2n) is 8.87. The Bertz CT molecular complexity index is 480. The molecular formula is C23H40O2. The molecule has 0 aliphatic carbocycles. The fourth-order valence-electron chi connectivity index (χ4n) is 2.84. The lowest BCUT2D eigenvalue weighted by Gasteiger charge is -2.41. The average molecular weight is 349 g/mol. The summed E-state index contributed by atoms with van der Waals surface area (Å²) < 4.78 is 11.9. The van der Waals surface area contributed by atoms with Crippen molar-refractivity contribution in [1.29, 1.82) is 0 Å². The lowest BCUT2D eigenvalue weighted by molar-refractivity contribution is -0.291. The standard InChI is InChI=1S/C23H40O2/c1-19(2)11-8-12-20(3)13-9-14-21(4)15-10-16-23(7)24-17-22(5,6)18-25-23/h11,13,15H,8-10,12,14,16-18H2,1-7H3/b20-13-,21-15+. The van der Waals surface area contributed by atoms with Crippen molar-refractivity contribution in [2.45, 2.75) is 92.8 Å². The predicted molar refractivity (Wildman–Crippen MR) is 109 cm³/mol. The summed E-state index contributed by atoms with van der Waals surface area (Å²) in [5.74, 6) is -0.409. The number of hydrogen-bond donors (Lipinski definition) is 0. The largest absolute Gasteiger partial charge is 0.350 e. The smallest absolute Gasteiger partial charge is 0.165 e. The first-order valence-electron chi connectivity index (χ1n) is 9.84. The fourth-order valence-corrected chi connectivity index (χ4v) is 2.84. The van der Waals surface area contributed by atoms with Gasteiger partial charge >= 0.3 is 0 Å². The normalized spacial score (nSPS) is 20.4. The van der Waals surface area contributed by atoms with Gasteiger partial charge in [-0.25, -0.2) is 0 Å². The van der Waals surface area contributed by atoms with Crippen molar-refractivity contribution in [3.8, 4) is 0 Å². The summed E-state index contributed by atoms with van der Waals surface area (Å²) in [6.45, 7) is 16.8. The Morgan fingerprint density at radius 3 is 1.76 bits per heavy atom. The topological polar surface area (TPSA) is 18.5 Å². The summed E-state index contributed by atoms with van der Waals surface area (Å²) in [4.78, 5) is 0. The number of hydrogen-bond acceptors (Lipinski definition) is 2. The second kappa shape index (κ2) is 10.3. The van der Waals surface area contributed by atoms with E-state index in [1.54, 1.807) is 0 Å². The molecule has 1 saturated heterocycles. The molecule has 0 N–H and O–H groups in total. The van der Waals surface area contributed by atoms with Gasteiger partial charge < -0.3 is 9.47 Å². The highest BCUT2D eigenvalue weighted by atomic mass is 16.7. The van der Waals surface area contributed by atoms with Crippen LogP contribution in [0.5, 0.6) is 0 Å². The van der Waals surface area contributed by atoms with Crippen LogP contribution in [0.4, 0.5) is 0 Å². The van der Waals surface area contributed by atoms with Crippen LogP contribution in [0, 0.1) is 5.41 Å². The summed E-state index contributed by atoms with van der Waals surface area (Å²) in [6.07, 6.45) is 13.6. The van der Waals surface area contributed by atoms with Crippen LogP contribution >= 0.6 is 0 Å². The SMILES string of the molecule is CC(C)=CCC/C(C)=C\CC/C(C)=C/CCC1(C)OCC(C)(C)CO1. The molecule has 0 atom stereocenters. The molecule has 2 nitrogen and oxygen atoms in total. The second-order valence-corrected chi connectivity index (χ2v) is 8.87. The van der Waals surface area contributed by atoms with Crippen molar-refractivity contribution in [2.75, 3.05) is 13.2 Å². The molecule has 2 heteroatoms. The van der Waals surface area contributed by atoms with E-state index in [9.17, 15) is 0 Å². The number of allylic oxidation sites excluding steroid dienone is 6. The fraction of sp³-hybridized carbons (Fsp3) is 0.739. The minimum absolute atomic E-state index is 0.140. The molecule has 0 spiro atoms. The van der Waals surface area contributed by atoms with Gasteiger partial charge in [0.1, 0.15) is 0 Å². The number of rotatable bonds is 9. The lowest BCUT2D eigenvalue weighted by Crippen LogP contribution is -2.45. The van der Waals surface area contributed by atoms with Crippen LogP contribution in [0.15, 0.2) is 34.9 Å². The summed E-state index contributed by atoms with van der Waals surface area (Å²) in [5, 5.41) is 0. The molecule has 0 radical (unpaired) electrons. The van der Waals surface area contributed by atoms with Crippen molar-refractivity contribution >= 4 is 0 Å². The Hall–Kier alpha value is -0.860. The van der Waals surface area contributed by atoms with E-state index in [-0.39, 0.29) is 5.41 Å². The predicted octanol–water partition coefficient (Wildman–Crippen LogP) is 6.98. The third-order valence-electron chi connectivity index (χ3n) is 4.75. The van der Waals surface area contributed by atoms with Gasteiger partial charge in [0.2, 0.25) is 0 Å². The maximum absolute atomic E-state index is 5.96. The van der Waals surface area contributed by atoms with Crippen LogP contribution in [-0.4, -0.2) is 19.0 Å². The first-order chi connectivity index (χ1) is 11.6. The van der Waals surface area contributed by atoms with Crippen molar-refractivity contribution in [1.82, 2.24) is 0 Å². The van der Waals surface area contributed by atoms with Crippen molar-refractivity contribution in [2.24, 2.45) is 5.41 Å². The molecule has 0 saturated carbocycles. The van der Waals surface area contributed by atoms with Gasteiger partial charge in [-0.1, -0.05) is 48.8 Å². The molecule has 1 rings (SSSR count). The molecule has 0 aromatic carbocycles. The summed E-state index contributed by atoms with van der Waals surface area (Å²) in [6, 6.07) is 0. The Morgan fingerprint density at radius 2 is 1.24 bits per heavy atom. The first kappa shape index (κ1) is 22.2. The Balaban J connectivity index is 2.26. The zero-order valence-corrected chi connectivity index (χ0v) is 17.7. The maximum Gasteiger partial charge on any atom is 0.165 e. The van der Waals surface area contributed by atoms with Gasteiger partial charge in [-0.2, -0.15) is 0 Å². The van der Waals surface area contributed by atoms with E-state index < -0.39 is 5.79 Å². The van der Waals surface area contributed by atoms with Crippen molar-refractivity contribution in [3.63, 3.8) is 0 Å². The highest BCUT2D eigenvalue weighted by Crippen LogP contribution is 2.32. The van der Waals surface area contributed by atoms with E-state index in [0.29, 0.717) is 0 Å². The molecule has 1 heterocycles. The van der Waals surface area contributed by atoms with E-state index in [2.05, 4.69) is 66.7 Å². The quantitative estimate of drug-likeness (QED) is 0.419. The van der Waals surface area contributed by atoms with E-state index in [4.69, 9.17) is 9.47 Å². The molecule has 1 aliphatic rings. The first-order valence-corrected chi connectivity index (χ1v) is 9.84. The minimum atomic E-state index is -0.409. The molecule has 144 valence electrons.